The van der Waals surface area contributed by atoms with Crippen LogP contribution in [0.5, 0.6) is 0 Å². The van der Waals surface area contributed by atoms with Crippen LogP contribution in [-0.2, 0) is 6.54 Å². The van der Waals surface area contributed by atoms with Crippen molar-refractivity contribution in [2.24, 2.45) is 0 Å². The Morgan fingerprint density at radius 3 is 2.65 bits per heavy atom. The van der Waals surface area contributed by atoms with Crippen LogP contribution in [0.3, 0.4) is 0 Å². The van der Waals surface area contributed by atoms with E-state index >= 15 is 0 Å². The van der Waals surface area contributed by atoms with Crippen LogP contribution in [0.15, 0.2) is 36.8 Å². The number of hydrogen-bond acceptors (Lipinski definition) is 4. The predicted octanol–water partition coefficient (Wildman–Crippen LogP) is 1.65. The minimum absolute atomic E-state index is 0.0509. The van der Waals surface area contributed by atoms with Crippen LogP contribution in [0.2, 0.25) is 0 Å². The van der Waals surface area contributed by atoms with E-state index in [0.717, 1.165) is 11.8 Å². The summed E-state index contributed by atoms with van der Waals surface area (Å²) in [6.45, 7) is 0.464. The van der Waals surface area contributed by atoms with Gasteiger partial charge >= 0.3 is 0 Å². The first-order chi connectivity index (χ1) is 8.20. The van der Waals surface area contributed by atoms with Gasteiger partial charge in [0.15, 0.2) is 6.29 Å². The van der Waals surface area contributed by atoms with Gasteiger partial charge in [0.05, 0.1) is 17.4 Å². The van der Waals surface area contributed by atoms with E-state index in [1.165, 1.54) is 18.3 Å². The van der Waals surface area contributed by atoms with Gasteiger partial charge in [-0.15, -0.1) is 0 Å². The quantitative estimate of drug-likeness (QED) is 0.455. The Labute approximate surface area is 96.7 Å². The molecule has 0 aliphatic heterocycles. The van der Waals surface area contributed by atoms with Crippen LogP contribution >= 0.6 is 0 Å². The zero-order valence-corrected chi connectivity index (χ0v) is 8.81. The van der Waals surface area contributed by atoms with Gasteiger partial charge in [-0.25, -0.2) is 4.98 Å². The number of nitro groups is 1. The number of hydrogen-bond donors (Lipinski definition) is 0. The first kappa shape index (κ1) is 11.0. The van der Waals surface area contributed by atoms with Gasteiger partial charge in [-0.1, -0.05) is 12.1 Å². The maximum atomic E-state index is 10.7. The van der Waals surface area contributed by atoms with Gasteiger partial charge in [0.25, 0.3) is 5.69 Å². The summed E-state index contributed by atoms with van der Waals surface area (Å²) >= 11 is 0. The van der Waals surface area contributed by atoms with Crippen molar-refractivity contribution in [3.05, 3.63) is 58.2 Å². The first-order valence-corrected chi connectivity index (χ1v) is 4.89. The van der Waals surface area contributed by atoms with Crippen LogP contribution in [-0.4, -0.2) is 20.8 Å². The van der Waals surface area contributed by atoms with Crippen molar-refractivity contribution in [3.63, 3.8) is 0 Å². The fraction of sp³-hybridized carbons (Fsp3) is 0.0909. The van der Waals surface area contributed by atoms with Crippen molar-refractivity contribution in [1.29, 1.82) is 0 Å². The molecular formula is C11H9N3O3. The summed E-state index contributed by atoms with van der Waals surface area (Å²) in [6, 6.07) is 6.19. The zero-order valence-electron chi connectivity index (χ0n) is 8.81. The summed E-state index contributed by atoms with van der Waals surface area (Å²) in [5.41, 5.74) is 1.40. The highest BCUT2D eigenvalue weighted by atomic mass is 16.6. The lowest BCUT2D eigenvalue weighted by Gasteiger charge is -2.03. The molecule has 0 N–H and O–H groups in total. The van der Waals surface area contributed by atoms with E-state index in [-0.39, 0.29) is 5.69 Å². The Balaban J connectivity index is 2.19. The molecule has 0 saturated heterocycles. The van der Waals surface area contributed by atoms with Gasteiger partial charge in [-0.2, -0.15) is 0 Å². The molecule has 1 heterocycles. The standard InChI is InChI=1S/C11H9N3O3/c15-7-11-5-12-8-13(11)6-9-1-3-10(4-2-9)14(16)17/h1-5,7-8H,6H2. The molecule has 0 radical (unpaired) electrons. The molecule has 2 aromatic rings. The Kier molecular flexibility index (Phi) is 2.95. The van der Waals surface area contributed by atoms with Crippen LogP contribution in [0, 0.1) is 10.1 Å². The fourth-order valence-electron chi connectivity index (χ4n) is 1.48. The Morgan fingerprint density at radius 1 is 1.35 bits per heavy atom. The number of nitrogens with zero attached hydrogens (tertiary/aromatic N) is 3. The largest absolute Gasteiger partial charge is 0.324 e. The van der Waals surface area contributed by atoms with Gasteiger partial charge < -0.3 is 4.57 Å². The second-order valence-corrected chi connectivity index (χ2v) is 3.49. The molecule has 0 amide bonds. The molecule has 1 aromatic heterocycles. The molecule has 0 unspecified atom stereocenters. The molecular weight excluding hydrogens is 222 g/mol. The summed E-state index contributed by atoms with van der Waals surface area (Å²) in [6.07, 6.45) is 3.74. The van der Waals surface area contributed by atoms with E-state index < -0.39 is 4.92 Å². The number of rotatable bonds is 4. The fourth-order valence-corrected chi connectivity index (χ4v) is 1.48. The summed E-state index contributed by atoms with van der Waals surface area (Å²) in [7, 11) is 0. The molecule has 1 aromatic carbocycles. The lowest BCUT2D eigenvalue weighted by molar-refractivity contribution is -0.384. The first-order valence-electron chi connectivity index (χ1n) is 4.89. The third-order valence-corrected chi connectivity index (χ3v) is 2.37. The Morgan fingerprint density at radius 2 is 2.06 bits per heavy atom. The van der Waals surface area contributed by atoms with Crippen LogP contribution < -0.4 is 0 Å². The SMILES string of the molecule is O=Cc1cncn1Cc1ccc([N+](=O)[O-])cc1. The minimum atomic E-state index is -0.447. The smallest absolute Gasteiger partial charge is 0.269 e. The van der Waals surface area contributed by atoms with E-state index in [2.05, 4.69) is 4.98 Å². The molecule has 2 rings (SSSR count). The lowest BCUT2D eigenvalue weighted by Crippen LogP contribution is -2.02. The summed E-state index contributed by atoms with van der Waals surface area (Å²) in [4.78, 5) is 24.6. The number of carbonyl (C=O) groups excluding carboxylic acids is 1. The molecule has 0 atom stereocenters. The Hall–Kier alpha value is -2.50. The van der Waals surface area contributed by atoms with Gasteiger partial charge in [-0.3, -0.25) is 14.9 Å². The van der Waals surface area contributed by atoms with Crippen LogP contribution in [0.1, 0.15) is 16.1 Å². The topological polar surface area (TPSA) is 78.0 Å². The summed E-state index contributed by atoms with van der Waals surface area (Å²) < 4.78 is 1.67. The lowest BCUT2D eigenvalue weighted by atomic mass is 10.2. The highest BCUT2D eigenvalue weighted by Gasteiger charge is 2.05. The second-order valence-electron chi connectivity index (χ2n) is 3.49. The van der Waals surface area contributed by atoms with E-state index in [1.54, 1.807) is 23.0 Å². The van der Waals surface area contributed by atoms with Gasteiger partial charge in [-0.05, 0) is 5.56 Å². The van der Waals surface area contributed by atoms with E-state index in [0.29, 0.717) is 12.2 Å². The molecule has 0 saturated carbocycles. The molecule has 6 nitrogen and oxygen atoms in total. The van der Waals surface area contributed by atoms with Crippen molar-refractivity contribution in [1.82, 2.24) is 9.55 Å². The van der Waals surface area contributed by atoms with E-state index in [4.69, 9.17) is 0 Å². The molecule has 0 bridgehead atoms. The number of carbonyl (C=O) groups is 1. The highest BCUT2D eigenvalue weighted by Crippen LogP contribution is 2.13. The molecule has 0 aliphatic carbocycles. The van der Waals surface area contributed by atoms with E-state index in [1.807, 2.05) is 0 Å². The van der Waals surface area contributed by atoms with Gasteiger partial charge in [0, 0.05) is 18.7 Å². The minimum Gasteiger partial charge on any atom is -0.324 e. The van der Waals surface area contributed by atoms with Crippen molar-refractivity contribution >= 4 is 12.0 Å². The molecule has 6 heteroatoms. The molecule has 0 fully saturated rings. The van der Waals surface area contributed by atoms with Gasteiger partial charge in [0.1, 0.15) is 5.69 Å². The molecule has 86 valence electrons. The highest BCUT2D eigenvalue weighted by molar-refractivity contribution is 5.71. The summed E-state index contributed by atoms with van der Waals surface area (Å²) in [5, 5.41) is 10.5. The number of imidazole rings is 1. The van der Waals surface area contributed by atoms with Crippen LogP contribution in [0.25, 0.3) is 0 Å². The molecule has 0 aliphatic rings. The molecule has 17 heavy (non-hydrogen) atoms. The Bertz CT molecular complexity index is 545. The van der Waals surface area contributed by atoms with Crippen molar-refractivity contribution in [2.75, 3.05) is 0 Å². The maximum Gasteiger partial charge on any atom is 0.269 e. The number of nitro benzene ring substituents is 1. The van der Waals surface area contributed by atoms with Crippen molar-refractivity contribution in [2.45, 2.75) is 6.54 Å². The predicted molar refractivity (Wildman–Crippen MR) is 59.8 cm³/mol. The monoisotopic (exact) mass is 231 g/mol. The number of benzene rings is 1. The number of non-ortho nitro benzene ring substituents is 1. The number of aromatic nitrogens is 2. The van der Waals surface area contributed by atoms with Crippen molar-refractivity contribution < 1.29 is 9.72 Å². The average molecular weight is 231 g/mol. The zero-order chi connectivity index (χ0) is 12.3. The third-order valence-electron chi connectivity index (χ3n) is 2.37. The van der Waals surface area contributed by atoms with Crippen molar-refractivity contribution in [3.8, 4) is 0 Å². The third kappa shape index (κ3) is 2.36. The normalized spacial score (nSPS) is 10.1. The second kappa shape index (κ2) is 4.56. The van der Waals surface area contributed by atoms with Gasteiger partial charge in [0.2, 0.25) is 0 Å². The number of aldehydes is 1. The maximum absolute atomic E-state index is 10.7. The average Bonchev–Trinajstić information content (AvgIpc) is 2.77. The molecule has 0 spiro atoms. The van der Waals surface area contributed by atoms with Crippen LogP contribution in [0.4, 0.5) is 5.69 Å². The summed E-state index contributed by atoms with van der Waals surface area (Å²) in [5.74, 6) is 0. The van der Waals surface area contributed by atoms with E-state index in [9.17, 15) is 14.9 Å².